The van der Waals surface area contributed by atoms with E-state index in [9.17, 15) is 0 Å². The van der Waals surface area contributed by atoms with Gasteiger partial charge < -0.3 is 0 Å². The highest BCUT2D eigenvalue weighted by atomic mass is 15.2. The van der Waals surface area contributed by atoms with Gasteiger partial charge in [-0.2, -0.15) is 0 Å². The molecule has 1 fully saturated rings. The summed E-state index contributed by atoms with van der Waals surface area (Å²) in [6.07, 6.45) is 5.14. The van der Waals surface area contributed by atoms with Gasteiger partial charge >= 0.3 is 0 Å². The molecule has 2 aromatic carbocycles. The number of rotatable bonds is 3. The number of fused-ring (bicyclic) bond motifs is 1. The van der Waals surface area contributed by atoms with Gasteiger partial charge in [0.25, 0.3) is 0 Å². The van der Waals surface area contributed by atoms with Gasteiger partial charge in [-0.25, -0.2) is 0 Å². The zero-order valence-corrected chi connectivity index (χ0v) is 13.5. The molecular weight excluding hydrogens is 266 g/mol. The van der Waals surface area contributed by atoms with Crippen LogP contribution in [0.4, 0.5) is 0 Å². The van der Waals surface area contributed by atoms with Gasteiger partial charge in [-0.1, -0.05) is 54.1 Å². The van der Waals surface area contributed by atoms with E-state index in [1.807, 2.05) is 0 Å². The van der Waals surface area contributed by atoms with E-state index in [4.69, 9.17) is 0 Å². The molecule has 0 aromatic heterocycles. The molecule has 2 aromatic rings. The summed E-state index contributed by atoms with van der Waals surface area (Å²) in [5.41, 5.74) is 6.09. The summed E-state index contributed by atoms with van der Waals surface area (Å²) in [7, 11) is 0. The van der Waals surface area contributed by atoms with Gasteiger partial charge in [-0.15, -0.1) is 0 Å². The number of hydrogen-bond donors (Lipinski definition) is 0. The Morgan fingerprint density at radius 3 is 2.59 bits per heavy atom. The molecule has 2 atom stereocenters. The fourth-order valence-corrected chi connectivity index (χ4v) is 4.22. The highest BCUT2D eigenvalue weighted by Gasteiger charge is 2.35. The van der Waals surface area contributed by atoms with Gasteiger partial charge in [0.15, 0.2) is 0 Å². The third-order valence-corrected chi connectivity index (χ3v) is 5.53. The van der Waals surface area contributed by atoms with Crippen molar-refractivity contribution in [3.63, 3.8) is 0 Å². The second-order valence-electron chi connectivity index (χ2n) is 6.99. The Kier molecular flexibility index (Phi) is 3.75. The zero-order chi connectivity index (χ0) is 14.9. The quantitative estimate of drug-likeness (QED) is 0.813. The lowest BCUT2D eigenvalue weighted by Gasteiger charge is -2.45. The lowest BCUT2D eigenvalue weighted by molar-refractivity contribution is 0.0877. The lowest BCUT2D eigenvalue weighted by Crippen LogP contribution is -2.49. The Morgan fingerprint density at radius 1 is 1.05 bits per heavy atom. The van der Waals surface area contributed by atoms with Crippen molar-refractivity contribution in [1.29, 1.82) is 0 Å². The standard InChI is InChI=1S/C21H25N/c1-16-8-9-18-10-11-21(22-12-5-13-22)20(19(18)14-16)15-17-6-3-2-4-7-17/h2-4,6-9,14,20-21H,5,10-13,15H2,1H3/t20-,21+/m1/s1. The molecule has 0 bridgehead atoms. The Hall–Kier alpha value is -1.60. The molecule has 2 aliphatic rings. The summed E-state index contributed by atoms with van der Waals surface area (Å²) < 4.78 is 0. The van der Waals surface area contributed by atoms with E-state index >= 15 is 0 Å². The highest BCUT2D eigenvalue weighted by molar-refractivity contribution is 5.39. The second kappa shape index (κ2) is 5.89. The van der Waals surface area contributed by atoms with Crippen molar-refractivity contribution in [2.75, 3.05) is 13.1 Å². The van der Waals surface area contributed by atoms with Crippen LogP contribution in [-0.2, 0) is 12.8 Å². The number of hydrogen-bond acceptors (Lipinski definition) is 1. The molecule has 1 saturated heterocycles. The first-order valence-corrected chi connectivity index (χ1v) is 8.68. The van der Waals surface area contributed by atoms with Crippen LogP contribution in [0.5, 0.6) is 0 Å². The van der Waals surface area contributed by atoms with E-state index in [2.05, 4.69) is 60.4 Å². The monoisotopic (exact) mass is 291 g/mol. The summed E-state index contributed by atoms with van der Waals surface area (Å²) in [4.78, 5) is 2.72. The molecule has 0 amide bonds. The fraction of sp³-hybridized carbons (Fsp3) is 0.429. The summed E-state index contributed by atoms with van der Waals surface area (Å²) in [5.74, 6) is 0.659. The van der Waals surface area contributed by atoms with Crippen LogP contribution in [0.15, 0.2) is 48.5 Å². The topological polar surface area (TPSA) is 3.24 Å². The van der Waals surface area contributed by atoms with Crippen LogP contribution in [0.1, 0.15) is 41.0 Å². The van der Waals surface area contributed by atoms with Crippen molar-refractivity contribution >= 4 is 0 Å². The summed E-state index contributed by atoms with van der Waals surface area (Å²) >= 11 is 0. The fourth-order valence-electron chi connectivity index (χ4n) is 4.22. The van der Waals surface area contributed by atoms with E-state index in [-0.39, 0.29) is 0 Å². The van der Waals surface area contributed by atoms with Crippen molar-refractivity contribution in [3.8, 4) is 0 Å². The zero-order valence-electron chi connectivity index (χ0n) is 13.5. The summed E-state index contributed by atoms with van der Waals surface area (Å²) in [5, 5.41) is 0. The van der Waals surface area contributed by atoms with E-state index in [1.54, 1.807) is 11.1 Å². The third-order valence-electron chi connectivity index (χ3n) is 5.53. The molecule has 0 radical (unpaired) electrons. The molecule has 0 saturated carbocycles. The minimum Gasteiger partial charge on any atom is -0.300 e. The highest BCUT2D eigenvalue weighted by Crippen LogP contribution is 2.39. The van der Waals surface area contributed by atoms with Crippen LogP contribution in [0.25, 0.3) is 0 Å². The van der Waals surface area contributed by atoms with Crippen LogP contribution in [0, 0.1) is 6.92 Å². The van der Waals surface area contributed by atoms with Gasteiger partial charge in [0, 0.05) is 12.0 Å². The minimum absolute atomic E-state index is 0.659. The molecule has 4 rings (SSSR count). The molecule has 1 heteroatoms. The normalized spacial score (nSPS) is 24.6. The van der Waals surface area contributed by atoms with E-state index in [1.165, 1.54) is 49.9 Å². The Bertz CT molecular complexity index is 642. The minimum atomic E-state index is 0.659. The summed E-state index contributed by atoms with van der Waals surface area (Å²) in [6.45, 7) is 4.83. The third kappa shape index (κ3) is 2.59. The van der Waals surface area contributed by atoms with Crippen LogP contribution >= 0.6 is 0 Å². The molecule has 22 heavy (non-hydrogen) atoms. The van der Waals surface area contributed by atoms with Crippen molar-refractivity contribution in [2.45, 2.75) is 44.6 Å². The van der Waals surface area contributed by atoms with E-state index in [0.717, 1.165) is 6.04 Å². The summed E-state index contributed by atoms with van der Waals surface area (Å²) in [6, 6.07) is 18.9. The predicted molar refractivity (Wildman–Crippen MR) is 92.4 cm³/mol. The lowest BCUT2D eigenvalue weighted by atomic mass is 9.74. The molecular formula is C21H25N. The van der Waals surface area contributed by atoms with E-state index < -0.39 is 0 Å². The van der Waals surface area contributed by atoms with Crippen molar-refractivity contribution < 1.29 is 0 Å². The van der Waals surface area contributed by atoms with Crippen LogP contribution in [0.2, 0.25) is 0 Å². The number of benzene rings is 2. The van der Waals surface area contributed by atoms with Gasteiger partial charge in [0.05, 0.1) is 0 Å². The molecule has 1 aliphatic carbocycles. The Balaban J connectivity index is 1.70. The van der Waals surface area contributed by atoms with E-state index in [0.29, 0.717) is 5.92 Å². The Morgan fingerprint density at radius 2 is 1.86 bits per heavy atom. The first-order valence-electron chi connectivity index (χ1n) is 8.68. The van der Waals surface area contributed by atoms with Gasteiger partial charge in [-0.3, -0.25) is 4.90 Å². The smallest absolute Gasteiger partial charge is 0.0170 e. The average molecular weight is 291 g/mol. The molecule has 114 valence electrons. The molecule has 1 aliphatic heterocycles. The average Bonchev–Trinajstić information content (AvgIpc) is 2.49. The van der Waals surface area contributed by atoms with Crippen LogP contribution < -0.4 is 0 Å². The molecule has 0 spiro atoms. The molecule has 1 nitrogen and oxygen atoms in total. The predicted octanol–water partition coefficient (Wildman–Crippen LogP) is 4.34. The largest absolute Gasteiger partial charge is 0.300 e. The van der Waals surface area contributed by atoms with Gasteiger partial charge in [0.2, 0.25) is 0 Å². The van der Waals surface area contributed by atoms with Crippen molar-refractivity contribution in [1.82, 2.24) is 4.90 Å². The Labute approximate surface area is 134 Å². The van der Waals surface area contributed by atoms with Crippen molar-refractivity contribution in [2.24, 2.45) is 0 Å². The van der Waals surface area contributed by atoms with Crippen LogP contribution in [0.3, 0.4) is 0 Å². The second-order valence-corrected chi connectivity index (χ2v) is 6.99. The van der Waals surface area contributed by atoms with Crippen LogP contribution in [-0.4, -0.2) is 24.0 Å². The van der Waals surface area contributed by atoms with Crippen molar-refractivity contribution in [3.05, 3.63) is 70.8 Å². The molecule has 1 heterocycles. The number of nitrogens with zero attached hydrogens (tertiary/aromatic N) is 1. The van der Waals surface area contributed by atoms with Gasteiger partial charge in [-0.05, 0) is 62.4 Å². The number of aryl methyl sites for hydroxylation is 2. The first kappa shape index (κ1) is 14.0. The molecule has 0 N–H and O–H groups in total. The van der Waals surface area contributed by atoms with Gasteiger partial charge in [0.1, 0.15) is 0 Å². The maximum absolute atomic E-state index is 2.72. The maximum atomic E-state index is 2.72. The molecule has 0 unspecified atom stereocenters. The number of likely N-dealkylation sites (tertiary alicyclic amines) is 1. The SMILES string of the molecule is Cc1ccc2c(c1)[C@@H](Cc1ccccc1)[C@@H](N1CCC1)CC2. The maximum Gasteiger partial charge on any atom is 0.0170 e. The first-order chi connectivity index (χ1) is 10.8.